The molecular formula is C15H21F2N3. The summed E-state index contributed by atoms with van der Waals surface area (Å²) in [6.07, 6.45) is 2.93. The van der Waals surface area contributed by atoms with Gasteiger partial charge >= 0.3 is 0 Å². The van der Waals surface area contributed by atoms with E-state index in [0.29, 0.717) is 13.1 Å². The van der Waals surface area contributed by atoms with E-state index in [9.17, 15) is 8.78 Å². The summed E-state index contributed by atoms with van der Waals surface area (Å²) in [5.41, 5.74) is 5.63. The number of benzene rings is 1. The SMILES string of the molecule is CCC1(C)CCN(c2c(F)cc(C(=N)N)cc2F)CC1. The first-order valence-electron chi connectivity index (χ1n) is 6.95. The van der Waals surface area contributed by atoms with Crippen molar-refractivity contribution in [3.63, 3.8) is 0 Å². The molecule has 1 aromatic rings. The van der Waals surface area contributed by atoms with Crippen LogP contribution in [-0.2, 0) is 0 Å². The van der Waals surface area contributed by atoms with Gasteiger partial charge < -0.3 is 10.6 Å². The standard InChI is InChI=1S/C15H21F2N3/c1-3-15(2)4-6-20(7-5-15)13-11(16)8-10(14(18)19)9-12(13)17/h8-9H,3-7H2,1-2H3,(H3,18,19). The number of halogens is 2. The number of nitrogens with one attached hydrogen (secondary N) is 1. The van der Waals surface area contributed by atoms with E-state index in [2.05, 4.69) is 13.8 Å². The van der Waals surface area contributed by atoms with Crippen LogP contribution >= 0.6 is 0 Å². The maximum Gasteiger partial charge on any atom is 0.150 e. The van der Waals surface area contributed by atoms with E-state index < -0.39 is 11.6 Å². The van der Waals surface area contributed by atoms with Crippen molar-refractivity contribution in [2.24, 2.45) is 11.1 Å². The number of piperidine rings is 1. The van der Waals surface area contributed by atoms with Crippen molar-refractivity contribution in [3.05, 3.63) is 29.3 Å². The van der Waals surface area contributed by atoms with Crippen molar-refractivity contribution < 1.29 is 8.78 Å². The number of rotatable bonds is 3. The third-order valence-electron chi connectivity index (χ3n) is 4.47. The molecule has 1 aliphatic heterocycles. The third-order valence-corrected chi connectivity index (χ3v) is 4.47. The molecule has 1 aliphatic rings. The molecule has 5 heteroatoms. The number of amidine groups is 1. The first-order chi connectivity index (χ1) is 9.36. The molecule has 0 bridgehead atoms. The molecular weight excluding hydrogens is 260 g/mol. The van der Waals surface area contributed by atoms with Crippen LogP contribution in [0.3, 0.4) is 0 Å². The van der Waals surface area contributed by atoms with Gasteiger partial charge in [-0.15, -0.1) is 0 Å². The lowest BCUT2D eigenvalue weighted by molar-refractivity contribution is 0.237. The zero-order valence-electron chi connectivity index (χ0n) is 12.0. The van der Waals surface area contributed by atoms with Gasteiger partial charge in [-0.1, -0.05) is 20.3 Å². The maximum absolute atomic E-state index is 14.1. The summed E-state index contributed by atoms with van der Waals surface area (Å²) in [6, 6.07) is 2.27. The molecule has 0 saturated carbocycles. The predicted molar refractivity (Wildman–Crippen MR) is 77.2 cm³/mol. The molecule has 1 fully saturated rings. The normalized spacial score (nSPS) is 18.1. The van der Waals surface area contributed by atoms with Gasteiger partial charge in [-0.2, -0.15) is 0 Å². The number of hydrogen-bond acceptors (Lipinski definition) is 2. The van der Waals surface area contributed by atoms with Crippen molar-refractivity contribution in [1.29, 1.82) is 5.41 Å². The van der Waals surface area contributed by atoms with E-state index in [4.69, 9.17) is 11.1 Å². The Morgan fingerprint density at radius 1 is 1.30 bits per heavy atom. The Hall–Kier alpha value is -1.65. The van der Waals surface area contributed by atoms with Gasteiger partial charge in [0.15, 0.2) is 0 Å². The molecule has 0 atom stereocenters. The van der Waals surface area contributed by atoms with Gasteiger partial charge in [0.1, 0.15) is 23.2 Å². The topological polar surface area (TPSA) is 53.1 Å². The Morgan fingerprint density at radius 2 is 1.80 bits per heavy atom. The second-order valence-electron chi connectivity index (χ2n) is 5.85. The van der Waals surface area contributed by atoms with Gasteiger partial charge in [0.25, 0.3) is 0 Å². The number of nitrogen functional groups attached to an aromatic ring is 1. The summed E-state index contributed by atoms with van der Waals surface area (Å²) in [7, 11) is 0. The lowest BCUT2D eigenvalue weighted by atomic mass is 9.78. The second-order valence-corrected chi connectivity index (χ2v) is 5.85. The Labute approximate surface area is 118 Å². The largest absolute Gasteiger partial charge is 0.384 e. The van der Waals surface area contributed by atoms with Crippen LogP contribution in [-0.4, -0.2) is 18.9 Å². The number of anilines is 1. The fraction of sp³-hybridized carbons (Fsp3) is 0.533. The van der Waals surface area contributed by atoms with Crippen LogP contribution in [0, 0.1) is 22.5 Å². The summed E-state index contributed by atoms with van der Waals surface area (Å²) in [6.45, 7) is 5.67. The zero-order valence-corrected chi connectivity index (χ0v) is 12.0. The van der Waals surface area contributed by atoms with Crippen LogP contribution in [0.15, 0.2) is 12.1 Å². The molecule has 1 heterocycles. The van der Waals surface area contributed by atoms with Gasteiger partial charge in [-0.05, 0) is 30.4 Å². The number of hydrogen-bond donors (Lipinski definition) is 2. The number of nitrogens with two attached hydrogens (primary N) is 1. The molecule has 0 unspecified atom stereocenters. The Morgan fingerprint density at radius 3 is 2.20 bits per heavy atom. The van der Waals surface area contributed by atoms with Crippen LogP contribution in [0.1, 0.15) is 38.7 Å². The van der Waals surface area contributed by atoms with Crippen LogP contribution in [0.25, 0.3) is 0 Å². The molecule has 3 nitrogen and oxygen atoms in total. The van der Waals surface area contributed by atoms with Crippen molar-refractivity contribution >= 4 is 11.5 Å². The fourth-order valence-corrected chi connectivity index (χ4v) is 2.65. The second kappa shape index (κ2) is 5.38. The molecule has 2 rings (SSSR count). The third kappa shape index (κ3) is 2.76. The van der Waals surface area contributed by atoms with Gasteiger partial charge in [-0.3, -0.25) is 5.41 Å². The zero-order chi connectivity index (χ0) is 14.9. The molecule has 20 heavy (non-hydrogen) atoms. The van der Waals surface area contributed by atoms with Crippen LogP contribution < -0.4 is 10.6 Å². The van der Waals surface area contributed by atoms with E-state index in [1.54, 1.807) is 4.90 Å². The summed E-state index contributed by atoms with van der Waals surface area (Å²) < 4.78 is 28.2. The number of nitrogens with zero attached hydrogens (tertiary/aromatic N) is 1. The highest BCUT2D eigenvalue weighted by Gasteiger charge is 2.30. The maximum atomic E-state index is 14.1. The molecule has 0 aromatic heterocycles. The molecule has 0 spiro atoms. The van der Waals surface area contributed by atoms with Crippen molar-refractivity contribution in [2.75, 3.05) is 18.0 Å². The molecule has 110 valence electrons. The first kappa shape index (κ1) is 14.8. The van der Waals surface area contributed by atoms with E-state index in [0.717, 1.165) is 31.4 Å². The minimum atomic E-state index is -0.643. The average molecular weight is 281 g/mol. The van der Waals surface area contributed by atoms with Gasteiger partial charge in [0.05, 0.1) is 0 Å². The monoisotopic (exact) mass is 281 g/mol. The Balaban J connectivity index is 2.24. The van der Waals surface area contributed by atoms with Gasteiger partial charge in [0, 0.05) is 18.7 Å². The van der Waals surface area contributed by atoms with Crippen LogP contribution in [0.2, 0.25) is 0 Å². The quantitative estimate of drug-likeness (QED) is 0.660. The van der Waals surface area contributed by atoms with Gasteiger partial charge in [-0.25, -0.2) is 8.78 Å². The lowest BCUT2D eigenvalue weighted by Crippen LogP contribution is -2.39. The lowest BCUT2D eigenvalue weighted by Gasteiger charge is -2.40. The van der Waals surface area contributed by atoms with E-state index in [1.807, 2.05) is 0 Å². The van der Waals surface area contributed by atoms with E-state index in [1.165, 1.54) is 0 Å². The molecule has 0 radical (unpaired) electrons. The average Bonchev–Trinajstić information content (AvgIpc) is 2.40. The highest BCUT2D eigenvalue weighted by Crippen LogP contribution is 2.37. The summed E-state index contributed by atoms with van der Waals surface area (Å²) in [4.78, 5) is 1.76. The van der Waals surface area contributed by atoms with Crippen molar-refractivity contribution in [1.82, 2.24) is 0 Å². The van der Waals surface area contributed by atoms with E-state index >= 15 is 0 Å². The van der Waals surface area contributed by atoms with E-state index in [-0.39, 0.29) is 22.5 Å². The molecule has 1 saturated heterocycles. The molecule has 1 aromatic carbocycles. The van der Waals surface area contributed by atoms with Crippen molar-refractivity contribution in [2.45, 2.75) is 33.1 Å². The van der Waals surface area contributed by atoms with Gasteiger partial charge in [0.2, 0.25) is 0 Å². The summed E-state index contributed by atoms with van der Waals surface area (Å²) in [5, 5.41) is 7.25. The molecule has 0 aliphatic carbocycles. The molecule has 3 N–H and O–H groups in total. The van der Waals surface area contributed by atoms with Crippen molar-refractivity contribution in [3.8, 4) is 0 Å². The highest BCUT2D eigenvalue weighted by molar-refractivity contribution is 5.95. The Kier molecular flexibility index (Phi) is 3.97. The first-order valence-corrected chi connectivity index (χ1v) is 6.95. The highest BCUT2D eigenvalue weighted by atomic mass is 19.1. The minimum Gasteiger partial charge on any atom is -0.384 e. The Bertz CT molecular complexity index is 497. The summed E-state index contributed by atoms with van der Waals surface area (Å²) >= 11 is 0. The summed E-state index contributed by atoms with van der Waals surface area (Å²) in [5.74, 6) is -1.61. The van der Waals surface area contributed by atoms with Crippen LogP contribution in [0.5, 0.6) is 0 Å². The van der Waals surface area contributed by atoms with Crippen LogP contribution in [0.4, 0.5) is 14.5 Å². The smallest absolute Gasteiger partial charge is 0.150 e. The predicted octanol–water partition coefficient (Wildman–Crippen LogP) is 3.27. The molecule has 0 amide bonds. The fourth-order valence-electron chi connectivity index (χ4n) is 2.65. The minimum absolute atomic E-state index is 0.00755.